The predicted molar refractivity (Wildman–Crippen MR) is 112 cm³/mol. The number of carbonyl (C=O) groups is 1. The first kappa shape index (κ1) is 20.7. The van der Waals surface area contributed by atoms with Crippen molar-refractivity contribution in [2.45, 2.75) is 64.5 Å². The van der Waals surface area contributed by atoms with E-state index in [-0.39, 0.29) is 5.91 Å². The Bertz CT molecular complexity index is 651. The normalized spacial score (nSPS) is 21.2. The highest BCUT2D eigenvalue weighted by Crippen LogP contribution is 2.26. The molecule has 1 saturated heterocycles. The molecule has 1 atom stereocenters. The maximum Gasteiger partial charge on any atom is 0.287 e. The van der Waals surface area contributed by atoms with Gasteiger partial charge in [0.05, 0.1) is 6.26 Å². The maximum atomic E-state index is 12.0. The van der Waals surface area contributed by atoms with E-state index in [9.17, 15) is 4.79 Å². The number of amides is 1. The first-order chi connectivity index (χ1) is 13.7. The molecule has 3 N–H and O–H groups in total. The van der Waals surface area contributed by atoms with Gasteiger partial charge in [0.2, 0.25) is 0 Å². The monoisotopic (exact) mass is 389 g/mol. The fourth-order valence-corrected chi connectivity index (χ4v) is 4.18. The summed E-state index contributed by atoms with van der Waals surface area (Å²) in [4.78, 5) is 19.4. The van der Waals surface area contributed by atoms with Crippen molar-refractivity contribution in [3.8, 4) is 0 Å². The molecular weight excluding hydrogens is 354 g/mol. The Morgan fingerprint density at radius 2 is 2.11 bits per heavy atom. The van der Waals surface area contributed by atoms with E-state index < -0.39 is 0 Å². The van der Waals surface area contributed by atoms with Crippen LogP contribution in [0, 0.1) is 6.92 Å². The van der Waals surface area contributed by atoms with Crippen LogP contribution in [0.5, 0.6) is 0 Å². The van der Waals surface area contributed by atoms with E-state index >= 15 is 0 Å². The molecule has 1 aromatic rings. The Hall–Kier alpha value is -2.02. The van der Waals surface area contributed by atoms with Gasteiger partial charge in [-0.2, -0.15) is 0 Å². The molecule has 1 saturated carbocycles. The van der Waals surface area contributed by atoms with Crippen LogP contribution in [-0.4, -0.2) is 61.6 Å². The molecule has 7 nitrogen and oxygen atoms in total. The Kier molecular flexibility index (Phi) is 7.77. The minimum absolute atomic E-state index is 0.158. The summed E-state index contributed by atoms with van der Waals surface area (Å²) in [6.45, 7) is 8.37. The topological polar surface area (TPSA) is 81.9 Å². The van der Waals surface area contributed by atoms with Gasteiger partial charge < -0.3 is 20.4 Å². The molecular formula is C21H35N5O2. The van der Waals surface area contributed by atoms with E-state index in [0.29, 0.717) is 24.9 Å². The third kappa shape index (κ3) is 5.74. The van der Waals surface area contributed by atoms with Crippen LogP contribution in [0.4, 0.5) is 0 Å². The molecule has 1 aliphatic heterocycles. The molecule has 2 aliphatic rings. The summed E-state index contributed by atoms with van der Waals surface area (Å²) in [6, 6.07) is 3.07. The smallest absolute Gasteiger partial charge is 0.287 e. The molecule has 28 heavy (non-hydrogen) atoms. The largest absolute Gasteiger partial charge is 0.459 e. The van der Waals surface area contributed by atoms with E-state index in [1.807, 2.05) is 6.92 Å². The van der Waals surface area contributed by atoms with Crippen molar-refractivity contribution in [1.29, 1.82) is 0 Å². The Labute approximate surface area is 168 Å². The molecule has 7 heteroatoms. The maximum absolute atomic E-state index is 12.0. The number of likely N-dealkylation sites (tertiary alicyclic amines) is 1. The van der Waals surface area contributed by atoms with Gasteiger partial charge in [0.25, 0.3) is 5.91 Å². The minimum atomic E-state index is -0.158. The molecule has 156 valence electrons. The van der Waals surface area contributed by atoms with E-state index in [2.05, 4.69) is 32.8 Å². The van der Waals surface area contributed by atoms with E-state index in [4.69, 9.17) is 4.42 Å². The summed E-state index contributed by atoms with van der Waals surface area (Å²) >= 11 is 0. The lowest BCUT2D eigenvalue weighted by Gasteiger charge is -2.24. The van der Waals surface area contributed by atoms with Crippen molar-refractivity contribution in [3.63, 3.8) is 0 Å². The summed E-state index contributed by atoms with van der Waals surface area (Å²) in [5.41, 5.74) is 0.859. The molecule has 2 heterocycles. The van der Waals surface area contributed by atoms with E-state index in [1.54, 1.807) is 12.3 Å². The molecule has 0 aromatic carbocycles. The Balaban J connectivity index is 1.38. The van der Waals surface area contributed by atoms with Gasteiger partial charge in [0.15, 0.2) is 11.7 Å². The fraction of sp³-hybridized carbons (Fsp3) is 0.714. The summed E-state index contributed by atoms with van der Waals surface area (Å²) in [5.74, 6) is 1.12. The zero-order valence-electron chi connectivity index (χ0n) is 17.3. The zero-order chi connectivity index (χ0) is 19.8. The first-order valence-electron chi connectivity index (χ1n) is 10.8. The van der Waals surface area contributed by atoms with Crippen molar-refractivity contribution >= 4 is 11.9 Å². The Morgan fingerprint density at radius 3 is 2.82 bits per heavy atom. The number of aryl methyl sites for hydroxylation is 1. The van der Waals surface area contributed by atoms with Crippen LogP contribution in [0.1, 0.15) is 61.6 Å². The van der Waals surface area contributed by atoms with E-state index in [0.717, 1.165) is 37.1 Å². The molecule has 0 radical (unpaired) electrons. The minimum Gasteiger partial charge on any atom is -0.459 e. The van der Waals surface area contributed by atoms with Gasteiger partial charge in [-0.3, -0.25) is 14.7 Å². The van der Waals surface area contributed by atoms with Gasteiger partial charge >= 0.3 is 0 Å². The second-order valence-corrected chi connectivity index (χ2v) is 7.87. The molecule has 1 unspecified atom stereocenters. The van der Waals surface area contributed by atoms with Crippen LogP contribution < -0.4 is 16.0 Å². The summed E-state index contributed by atoms with van der Waals surface area (Å²) < 4.78 is 5.21. The quantitative estimate of drug-likeness (QED) is 0.361. The lowest BCUT2D eigenvalue weighted by atomic mass is 10.2. The highest BCUT2D eigenvalue weighted by atomic mass is 16.3. The lowest BCUT2D eigenvalue weighted by molar-refractivity contribution is 0.0925. The SMILES string of the molecule is CCNC(=NCCCNC(=O)c1occc1C)NC1CCN(C2CCCC2)C1. The van der Waals surface area contributed by atoms with Gasteiger partial charge in [-0.15, -0.1) is 0 Å². The van der Waals surface area contributed by atoms with Gasteiger partial charge in [-0.1, -0.05) is 12.8 Å². The van der Waals surface area contributed by atoms with Gasteiger partial charge in [-0.25, -0.2) is 0 Å². The molecule has 1 amide bonds. The number of guanidine groups is 1. The zero-order valence-corrected chi connectivity index (χ0v) is 17.3. The van der Waals surface area contributed by atoms with Crippen LogP contribution in [0.2, 0.25) is 0 Å². The number of rotatable bonds is 8. The average molecular weight is 390 g/mol. The number of nitrogens with zero attached hydrogens (tertiary/aromatic N) is 2. The molecule has 1 aromatic heterocycles. The number of aliphatic imine (C=N–C) groups is 1. The van der Waals surface area contributed by atoms with Crippen LogP contribution in [-0.2, 0) is 0 Å². The lowest BCUT2D eigenvalue weighted by Crippen LogP contribution is -2.45. The Morgan fingerprint density at radius 1 is 1.29 bits per heavy atom. The first-order valence-corrected chi connectivity index (χ1v) is 10.8. The number of furan rings is 1. The van der Waals surface area contributed by atoms with Crippen molar-refractivity contribution in [3.05, 3.63) is 23.7 Å². The average Bonchev–Trinajstić information content (AvgIpc) is 3.42. The van der Waals surface area contributed by atoms with Crippen molar-refractivity contribution < 1.29 is 9.21 Å². The standard InChI is InChI=1S/C21H35N5O2/c1-3-22-21(25-17-9-13-26(15-17)18-7-4-5-8-18)24-12-6-11-23-20(27)19-16(2)10-14-28-19/h10,14,17-18H,3-9,11-13,15H2,1-2H3,(H,23,27)(H2,22,24,25). The fourth-order valence-electron chi connectivity index (χ4n) is 4.18. The highest BCUT2D eigenvalue weighted by molar-refractivity contribution is 5.92. The number of nitrogens with one attached hydrogen (secondary N) is 3. The molecule has 1 aliphatic carbocycles. The number of hydrogen-bond donors (Lipinski definition) is 3. The van der Waals surface area contributed by atoms with Gasteiger partial charge in [0, 0.05) is 50.4 Å². The van der Waals surface area contributed by atoms with Gasteiger partial charge in [0.1, 0.15) is 0 Å². The third-order valence-electron chi connectivity index (χ3n) is 5.70. The molecule has 0 spiro atoms. The summed E-state index contributed by atoms with van der Waals surface area (Å²) in [6.07, 6.45) is 9.02. The van der Waals surface area contributed by atoms with Crippen molar-refractivity contribution in [2.75, 3.05) is 32.7 Å². The summed E-state index contributed by atoms with van der Waals surface area (Å²) in [7, 11) is 0. The van der Waals surface area contributed by atoms with Crippen LogP contribution in [0.15, 0.2) is 21.7 Å². The second-order valence-electron chi connectivity index (χ2n) is 7.87. The number of hydrogen-bond acceptors (Lipinski definition) is 4. The number of carbonyl (C=O) groups excluding carboxylic acids is 1. The van der Waals surface area contributed by atoms with Crippen LogP contribution in [0.3, 0.4) is 0 Å². The molecule has 2 fully saturated rings. The van der Waals surface area contributed by atoms with Crippen molar-refractivity contribution in [1.82, 2.24) is 20.9 Å². The third-order valence-corrected chi connectivity index (χ3v) is 5.70. The van der Waals surface area contributed by atoms with Crippen LogP contribution >= 0.6 is 0 Å². The summed E-state index contributed by atoms with van der Waals surface area (Å²) in [5, 5.41) is 9.83. The second kappa shape index (κ2) is 10.5. The molecule has 3 rings (SSSR count). The molecule has 0 bridgehead atoms. The van der Waals surface area contributed by atoms with Gasteiger partial charge in [-0.05, 0) is 45.6 Å². The predicted octanol–water partition coefficient (Wildman–Crippen LogP) is 2.28. The van der Waals surface area contributed by atoms with Crippen molar-refractivity contribution in [2.24, 2.45) is 4.99 Å². The van der Waals surface area contributed by atoms with E-state index in [1.165, 1.54) is 38.6 Å². The van der Waals surface area contributed by atoms with Crippen LogP contribution in [0.25, 0.3) is 0 Å². The highest BCUT2D eigenvalue weighted by Gasteiger charge is 2.30.